The van der Waals surface area contributed by atoms with Gasteiger partial charge in [-0.05, 0) is 38.5 Å². The standard InChI is InChI=1S/C22H22BNO3/c1-21(2,26)22(3,4)27-23-17-12-24-19-13-8-5-6-9-14(13)20(25)16-11-7-10-15(17)18(16)19/h5-12,23,26H,1-4H3. The van der Waals surface area contributed by atoms with Crippen LogP contribution in [0.15, 0.2) is 48.7 Å². The lowest BCUT2D eigenvalue weighted by Crippen LogP contribution is -2.49. The molecule has 0 atom stereocenters. The van der Waals surface area contributed by atoms with Crippen molar-refractivity contribution in [1.29, 1.82) is 0 Å². The van der Waals surface area contributed by atoms with E-state index in [4.69, 9.17) is 4.65 Å². The molecule has 0 saturated heterocycles. The number of benzene rings is 2. The van der Waals surface area contributed by atoms with E-state index >= 15 is 0 Å². The monoisotopic (exact) mass is 359 g/mol. The number of fused-ring (bicyclic) bond motifs is 2. The lowest BCUT2D eigenvalue weighted by atomic mass is 9.78. The average Bonchev–Trinajstić information content (AvgIpc) is 2.63. The summed E-state index contributed by atoms with van der Waals surface area (Å²) in [7, 11) is 0.306. The van der Waals surface area contributed by atoms with E-state index in [2.05, 4.69) is 4.98 Å². The lowest BCUT2D eigenvalue weighted by Gasteiger charge is -2.37. The van der Waals surface area contributed by atoms with Gasteiger partial charge in [0, 0.05) is 28.3 Å². The summed E-state index contributed by atoms with van der Waals surface area (Å²) in [6.45, 7) is 7.20. The van der Waals surface area contributed by atoms with E-state index in [0.29, 0.717) is 18.6 Å². The van der Waals surface area contributed by atoms with Crippen LogP contribution < -0.4 is 5.46 Å². The van der Waals surface area contributed by atoms with Gasteiger partial charge in [0.1, 0.15) is 0 Å². The Balaban J connectivity index is 1.84. The van der Waals surface area contributed by atoms with Gasteiger partial charge in [0.25, 0.3) is 0 Å². The smallest absolute Gasteiger partial charge is 0.311 e. The second kappa shape index (κ2) is 6.01. The number of ketones is 1. The fourth-order valence-corrected chi connectivity index (χ4v) is 3.33. The van der Waals surface area contributed by atoms with Crippen LogP contribution in [-0.4, -0.2) is 34.6 Å². The largest absolute Gasteiger partial charge is 0.427 e. The minimum absolute atomic E-state index is 0.0281. The Labute approximate surface area is 159 Å². The van der Waals surface area contributed by atoms with Crippen LogP contribution in [0, 0.1) is 0 Å². The molecule has 1 heterocycles. The third-order valence-electron chi connectivity index (χ3n) is 5.73. The Morgan fingerprint density at radius 2 is 1.63 bits per heavy atom. The molecule has 27 heavy (non-hydrogen) atoms. The molecule has 0 aliphatic heterocycles. The van der Waals surface area contributed by atoms with Crippen LogP contribution in [0.1, 0.15) is 43.6 Å². The molecule has 0 bridgehead atoms. The van der Waals surface area contributed by atoms with Gasteiger partial charge in [-0.1, -0.05) is 42.5 Å². The molecule has 1 aromatic heterocycles. The van der Waals surface area contributed by atoms with Gasteiger partial charge in [-0.2, -0.15) is 0 Å². The van der Waals surface area contributed by atoms with E-state index in [-0.39, 0.29) is 5.78 Å². The van der Waals surface area contributed by atoms with Gasteiger partial charge in [0.15, 0.2) is 5.78 Å². The number of hydrogen-bond acceptors (Lipinski definition) is 4. The van der Waals surface area contributed by atoms with E-state index < -0.39 is 11.2 Å². The molecule has 2 aromatic carbocycles. The first-order chi connectivity index (χ1) is 12.7. The molecule has 0 spiro atoms. The first-order valence-electron chi connectivity index (χ1n) is 9.12. The number of carbonyl (C=O) groups is 1. The molecule has 0 fully saturated rings. The maximum absolute atomic E-state index is 13.0. The molecular weight excluding hydrogens is 337 g/mol. The molecule has 1 aliphatic rings. The first kappa shape index (κ1) is 17.9. The first-order valence-corrected chi connectivity index (χ1v) is 9.12. The van der Waals surface area contributed by atoms with Crippen LogP contribution in [0.5, 0.6) is 0 Å². The lowest BCUT2D eigenvalue weighted by molar-refractivity contribution is -0.0893. The highest BCUT2D eigenvalue weighted by molar-refractivity contribution is 6.52. The van der Waals surface area contributed by atoms with Crippen molar-refractivity contribution in [2.45, 2.75) is 38.9 Å². The summed E-state index contributed by atoms with van der Waals surface area (Å²) in [6.07, 6.45) is 1.81. The van der Waals surface area contributed by atoms with E-state index in [1.165, 1.54) is 0 Å². The number of rotatable bonds is 4. The van der Waals surface area contributed by atoms with Gasteiger partial charge >= 0.3 is 7.48 Å². The molecule has 4 rings (SSSR count). The Morgan fingerprint density at radius 1 is 0.963 bits per heavy atom. The van der Waals surface area contributed by atoms with Crippen molar-refractivity contribution >= 4 is 29.5 Å². The summed E-state index contributed by atoms with van der Waals surface area (Å²) in [5.74, 6) is 0.0281. The van der Waals surface area contributed by atoms with Crippen LogP contribution in [0.25, 0.3) is 22.0 Å². The zero-order valence-electron chi connectivity index (χ0n) is 16.0. The van der Waals surface area contributed by atoms with Gasteiger partial charge in [-0.3, -0.25) is 9.78 Å². The molecule has 1 aliphatic carbocycles. The van der Waals surface area contributed by atoms with Crippen molar-refractivity contribution in [3.8, 4) is 11.3 Å². The number of pyridine rings is 1. The highest BCUT2D eigenvalue weighted by Gasteiger charge is 2.36. The van der Waals surface area contributed by atoms with E-state index in [1.54, 1.807) is 13.8 Å². The molecule has 3 aromatic rings. The second-order valence-electron chi connectivity index (χ2n) is 8.09. The maximum atomic E-state index is 13.0. The van der Waals surface area contributed by atoms with Crippen molar-refractivity contribution in [3.05, 3.63) is 59.8 Å². The van der Waals surface area contributed by atoms with Crippen LogP contribution in [0.3, 0.4) is 0 Å². The van der Waals surface area contributed by atoms with Crippen LogP contribution >= 0.6 is 0 Å². The average molecular weight is 359 g/mol. The van der Waals surface area contributed by atoms with Crippen molar-refractivity contribution < 1.29 is 14.6 Å². The van der Waals surface area contributed by atoms with Crippen molar-refractivity contribution in [3.63, 3.8) is 0 Å². The number of aromatic nitrogens is 1. The zero-order valence-corrected chi connectivity index (χ0v) is 16.0. The van der Waals surface area contributed by atoms with Gasteiger partial charge in [-0.15, -0.1) is 0 Å². The van der Waals surface area contributed by atoms with E-state index in [1.807, 2.05) is 62.5 Å². The fraction of sp³-hybridized carbons (Fsp3) is 0.273. The third-order valence-corrected chi connectivity index (χ3v) is 5.73. The van der Waals surface area contributed by atoms with Crippen molar-refractivity contribution in [2.75, 3.05) is 0 Å². The molecule has 4 nitrogen and oxygen atoms in total. The highest BCUT2D eigenvalue weighted by atomic mass is 16.5. The predicted molar refractivity (Wildman–Crippen MR) is 109 cm³/mol. The number of hydrogen-bond donors (Lipinski definition) is 1. The SMILES string of the molecule is CC(C)(O)C(C)(C)OBc1cnc2c3c(cccc13)C(=O)c1ccccc1-2. The Kier molecular flexibility index (Phi) is 3.98. The van der Waals surface area contributed by atoms with Gasteiger partial charge in [0.2, 0.25) is 0 Å². The number of aliphatic hydroxyl groups is 1. The summed E-state index contributed by atoms with van der Waals surface area (Å²) < 4.78 is 6.04. The third kappa shape index (κ3) is 2.78. The summed E-state index contributed by atoms with van der Waals surface area (Å²) in [4.78, 5) is 17.6. The molecule has 0 radical (unpaired) electrons. The Bertz CT molecular complexity index is 1070. The Hall–Kier alpha value is -2.50. The van der Waals surface area contributed by atoms with E-state index in [0.717, 1.165) is 27.5 Å². The highest BCUT2D eigenvalue weighted by Crippen LogP contribution is 2.37. The molecule has 136 valence electrons. The van der Waals surface area contributed by atoms with Gasteiger partial charge < -0.3 is 9.76 Å². The topological polar surface area (TPSA) is 59.4 Å². The number of carbonyl (C=O) groups excluding carboxylic acids is 1. The van der Waals surface area contributed by atoms with Gasteiger partial charge in [-0.25, -0.2) is 0 Å². The Morgan fingerprint density at radius 3 is 2.33 bits per heavy atom. The minimum Gasteiger partial charge on any atom is -0.427 e. The molecule has 0 amide bonds. The number of nitrogens with zero attached hydrogens (tertiary/aromatic N) is 1. The molecule has 5 heteroatoms. The summed E-state index contributed by atoms with van der Waals surface area (Å²) in [6, 6.07) is 13.4. The minimum atomic E-state index is -0.984. The van der Waals surface area contributed by atoms with Crippen LogP contribution in [0.2, 0.25) is 0 Å². The molecule has 1 N–H and O–H groups in total. The van der Waals surface area contributed by atoms with Gasteiger partial charge in [0.05, 0.1) is 16.9 Å². The van der Waals surface area contributed by atoms with Crippen LogP contribution in [0.4, 0.5) is 0 Å². The predicted octanol–water partition coefficient (Wildman–Crippen LogP) is 2.99. The zero-order chi connectivity index (χ0) is 19.4. The second-order valence-corrected chi connectivity index (χ2v) is 8.09. The van der Waals surface area contributed by atoms with Crippen molar-refractivity contribution in [1.82, 2.24) is 4.98 Å². The van der Waals surface area contributed by atoms with E-state index in [9.17, 15) is 9.90 Å². The summed E-state index contributed by atoms with van der Waals surface area (Å²) in [5, 5.41) is 12.2. The van der Waals surface area contributed by atoms with Crippen molar-refractivity contribution in [2.24, 2.45) is 0 Å². The molecule has 0 unspecified atom stereocenters. The normalized spacial score (nSPS) is 13.6. The van der Waals surface area contributed by atoms with Crippen LogP contribution in [-0.2, 0) is 4.65 Å². The quantitative estimate of drug-likeness (QED) is 0.569. The fourth-order valence-electron chi connectivity index (χ4n) is 3.33. The molecule has 0 saturated carbocycles. The summed E-state index contributed by atoms with van der Waals surface area (Å²) >= 11 is 0. The molecular formula is C22H22BNO3. The summed E-state index contributed by atoms with van der Waals surface area (Å²) in [5.41, 5.74) is 2.27. The maximum Gasteiger partial charge on any atom is 0.311 e.